The number of fused-ring (bicyclic) bond motifs is 1. The monoisotopic (exact) mass is 243 g/mol. The number of aromatic amines is 1. The summed E-state index contributed by atoms with van der Waals surface area (Å²) in [6.07, 6.45) is 2.39. The van der Waals surface area contributed by atoms with E-state index in [-0.39, 0.29) is 5.56 Å². The van der Waals surface area contributed by atoms with Crippen molar-refractivity contribution in [2.45, 2.75) is 19.9 Å². The van der Waals surface area contributed by atoms with Crippen molar-refractivity contribution in [1.82, 2.24) is 25.3 Å². The molecule has 0 fully saturated rings. The summed E-state index contributed by atoms with van der Waals surface area (Å²) in [4.78, 5) is 27.5. The molecule has 1 aliphatic heterocycles. The number of nitrogens with zero attached hydrogens (tertiary/aromatic N) is 3. The van der Waals surface area contributed by atoms with Gasteiger partial charge in [-0.25, -0.2) is 15.0 Å². The maximum Gasteiger partial charge on any atom is 0.254 e. The molecule has 6 heteroatoms. The predicted octanol–water partition coefficient (Wildman–Crippen LogP) is 0.181. The van der Waals surface area contributed by atoms with Crippen molar-refractivity contribution in [1.29, 1.82) is 0 Å². The molecule has 6 nitrogen and oxygen atoms in total. The van der Waals surface area contributed by atoms with Gasteiger partial charge in [-0.05, 0) is 26.0 Å². The van der Waals surface area contributed by atoms with Gasteiger partial charge in [0.05, 0.1) is 5.69 Å². The number of aromatic nitrogens is 4. The van der Waals surface area contributed by atoms with Crippen LogP contribution in [0.3, 0.4) is 0 Å². The van der Waals surface area contributed by atoms with Crippen molar-refractivity contribution >= 4 is 0 Å². The number of hydrogen-bond donors (Lipinski definition) is 2. The van der Waals surface area contributed by atoms with E-state index in [4.69, 9.17) is 0 Å². The summed E-state index contributed by atoms with van der Waals surface area (Å²) >= 11 is 0. The minimum Gasteiger partial charge on any atom is -0.311 e. The molecule has 3 rings (SSSR count). The number of nitrogens with one attached hydrogen (secondary N) is 2. The van der Waals surface area contributed by atoms with Gasteiger partial charge in [0.1, 0.15) is 11.5 Å². The van der Waals surface area contributed by atoms with Gasteiger partial charge in [-0.15, -0.1) is 0 Å². The Labute approximate surface area is 104 Å². The molecule has 0 amide bonds. The molecule has 0 radical (unpaired) electrons. The zero-order valence-electron chi connectivity index (χ0n) is 10.0. The Kier molecular flexibility index (Phi) is 2.64. The van der Waals surface area contributed by atoms with Crippen molar-refractivity contribution in [3.8, 4) is 11.5 Å². The Bertz CT molecular complexity index is 649. The van der Waals surface area contributed by atoms with E-state index in [0.29, 0.717) is 23.9 Å². The number of rotatable bonds is 1. The lowest BCUT2D eigenvalue weighted by atomic mass is 10.1. The van der Waals surface area contributed by atoms with Crippen LogP contribution in [0, 0.1) is 6.92 Å². The molecule has 0 unspecified atom stereocenters. The van der Waals surface area contributed by atoms with Crippen LogP contribution in [0.4, 0.5) is 0 Å². The van der Waals surface area contributed by atoms with Crippen LogP contribution in [0.2, 0.25) is 0 Å². The van der Waals surface area contributed by atoms with Gasteiger partial charge in [0.2, 0.25) is 0 Å². The lowest BCUT2D eigenvalue weighted by molar-refractivity contribution is 0.619. The first kappa shape index (κ1) is 11.0. The van der Waals surface area contributed by atoms with Gasteiger partial charge in [0.15, 0.2) is 5.82 Å². The first-order valence-electron chi connectivity index (χ1n) is 5.87. The minimum absolute atomic E-state index is 0.0623. The number of hydrogen-bond acceptors (Lipinski definition) is 5. The molecular formula is C12H13N5O. The smallest absolute Gasteiger partial charge is 0.254 e. The molecule has 0 spiro atoms. The second kappa shape index (κ2) is 4.30. The van der Waals surface area contributed by atoms with Crippen LogP contribution < -0.4 is 10.9 Å². The largest absolute Gasteiger partial charge is 0.311 e. The second-order valence-corrected chi connectivity index (χ2v) is 4.26. The molecule has 0 aliphatic carbocycles. The highest BCUT2D eigenvalue weighted by atomic mass is 16.1. The van der Waals surface area contributed by atoms with Crippen LogP contribution in [-0.2, 0) is 13.0 Å². The zero-order valence-corrected chi connectivity index (χ0v) is 10.0. The highest BCUT2D eigenvalue weighted by Gasteiger charge is 2.16. The van der Waals surface area contributed by atoms with Gasteiger partial charge in [-0.3, -0.25) is 4.79 Å². The molecule has 0 atom stereocenters. The van der Waals surface area contributed by atoms with Crippen molar-refractivity contribution in [3.63, 3.8) is 0 Å². The van der Waals surface area contributed by atoms with Gasteiger partial charge in [-0.1, -0.05) is 0 Å². The summed E-state index contributed by atoms with van der Waals surface area (Å²) in [6.45, 7) is 3.27. The third kappa shape index (κ3) is 1.91. The normalized spacial score (nSPS) is 14.3. The van der Waals surface area contributed by atoms with Gasteiger partial charge in [0, 0.05) is 18.3 Å². The molecule has 3 heterocycles. The highest BCUT2D eigenvalue weighted by molar-refractivity contribution is 5.48. The van der Waals surface area contributed by atoms with Crippen LogP contribution in [0.5, 0.6) is 0 Å². The van der Waals surface area contributed by atoms with Crippen molar-refractivity contribution in [2.24, 2.45) is 0 Å². The topological polar surface area (TPSA) is 83.6 Å². The van der Waals surface area contributed by atoms with E-state index in [1.807, 2.05) is 6.92 Å². The van der Waals surface area contributed by atoms with Crippen LogP contribution in [0.25, 0.3) is 11.5 Å². The van der Waals surface area contributed by atoms with Gasteiger partial charge >= 0.3 is 0 Å². The quantitative estimate of drug-likeness (QED) is 0.746. The number of H-pyrrole nitrogens is 1. The second-order valence-electron chi connectivity index (χ2n) is 4.26. The van der Waals surface area contributed by atoms with Crippen molar-refractivity contribution < 1.29 is 0 Å². The van der Waals surface area contributed by atoms with E-state index >= 15 is 0 Å². The summed E-state index contributed by atoms with van der Waals surface area (Å²) in [7, 11) is 0. The molecule has 92 valence electrons. The van der Waals surface area contributed by atoms with Crippen LogP contribution in [0.1, 0.15) is 17.1 Å². The Morgan fingerprint density at radius 2 is 2.22 bits per heavy atom. The Balaban J connectivity index is 2.14. The number of aryl methyl sites for hydroxylation is 1. The fraction of sp³-hybridized carbons (Fsp3) is 0.333. The molecule has 2 aromatic heterocycles. The summed E-state index contributed by atoms with van der Waals surface area (Å²) in [5.41, 5.74) is 2.18. The van der Waals surface area contributed by atoms with E-state index in [2.05, 4.69) is 25.3 Å². The van der Waals surface area contributed by atoms with Crippen LogP contribution >= 0.6 is 0 Å². The fourth-order valence-corrected chi connectivity index (χ4v) is 2.08. The van der Waals surface area contributed by atoms with E-state index in [1.54, 1.807) is 12.3 Å². The molecule has 0 aromatic carbocycles. The highest BCUT2D eigenvalue weighted by Crippen LogP contribution is 2.13. The van der Waals surface area contributed by atoms with Crippen molar-refractivity contribution in [2.75, 3.05) is 6.54 Å². The van der Waals surface area contributed by atoms with Crippen LogP contribution in [-0.4, -0.2) is 26.5 Å². The SMILES string of the molecule is Cc1nccc(-c2nc3c(c(=O)[nH]2)CCNC3)n1. The standard InChI is InChI=1S/C12H13N5O/c1-7-14-5-3-9(15-7)11-16-10-6-13-4-2-8(10)12(18)17-11/h3,5,13H,2,4,6H2,1H3,(H,16,17,18). The third-order valence-electron chi connectivity index (χ3n) is 2.96. The average Bonchev–Trinajstić information content (AvgIpc) is 2.39. The molecule has 0 bridgehead atoms. The average molecular weight is 243 g/mol. The molecular weight excluding hydrogens is 230 g/mol. The van der Waals surface area contributed by atoms with Gasteiger partial charge < -0.3 is 10.3 Å². The lowest BCUT2D eigenvalue weighted by Crippen LogP contribution is -2.31. The van der Waals surface area contributed by atoms with Crippen molar-refractivity contribution in [3.05, 3.63) is 39.7 Å². The Morgan fingerprint density at radius 1 is 1.33 bits per heavy atom. The molecule has 0 saturated carbocycles. The van der Waals surface area contributed by atoms with E-state index in [1.165, 1.54) is 0 Å². The first-order valence-corrected chi connectivity index (χ1v) is 5.87. The predicted molar refractivity (Wildman–Crippen MR) is 66.0 cm³/mol. The summed E-state index contributed by atoms with van der Waals surface area (Å²) in [6, 6.07) is 1.74. The minimum atomic E-state index is -0.0623. The van der Waals surface area contributed by atoms with Gasteiger partial charge in [-0.2, -0.15) is 0 Å². The van der Waals surface area contributed by atoms with E-state index in [0.717, 1.165) is 24.2 Å². The summed E-state index contributed by atoms with van der Waals surface area (Å²) in [5, 5.41) is 3.21. The maximum absolute atomic E-state index is 12.0. The molecule has 2 N–H and O–H groups in total. The first-order chi connectivity index (χ1) is 8.74. The Hall–Kier alpha value is -2.08. The fourth-order valence-electron chi connectivity index (χ4n) is 2.08. The molecule has 18 heavy (non-hydrogen) atoms. The van der Waals surface area contributed by atoms with E-state index < -0.39 is 0 Å². The molecule has 1 aliphatic rings. The van der Waals surface area contributed by atoms with E-state index in [9.17, 15) is 4.79 Å². The molecule has 0 saturated heterocycles. The van der Waals surface area contributed by atoms with Crippen LogP contribution in [0.15, 0.2) is 17.1 Å². The third-order valence-corrected chi connectivity index (χ3v) is 2.96. The lowest BCUT2D eigenvalue weighted by Gasteiger charge is -2.15. The molecule has 2 aromatic rings. The summed E-state index contributed by atoms with van der Waals surface area (Å²) in [5.74, 6) is 1.17. The maximum atomic E-state index is 12.0. The Morgan fingerprint density at radius 3 is 3.06 bits per heavy atom. The van der Waals surface area contributed by atoms with Gasteiger partial charge in [0.25, 0.3) is 5.56 Å². The zero-order chi connectivity index (χ0) is 12.5. The summed E-state index contributed by atoms with van der Waals surface area (Å²) < 4.78 is 0.